The predicted octanol–water partition coefficient (Wildman–Crippen LogP) is 1.32. The summed E-state index contributed by atoms with van der Waals surface area (Å²) in [5.74, 6) is -0.524. The second kappa shape index (κ2) is 3.59. The van der Waals surface area contributed by atoms with Crippen LogP contribution in [-0.4, -0.2) is 12.2 Å². The van der Waals surface area contributed by atoms with E-state index >= 15 is 0 Å². The van der Waals surface area contributed by atoms with Crippen LogP contribution < -0.4 is 5.73 Å². The van der Waals surface area contributed by atoms with Crippen molar-refractivity contribution >= 4 is 18.3 Å². The Balaban J connectivity index is 2.60. The summed E-state index contributed by atoms with van der Waals surface area (Å²) < 4.78 is 0. The number of primary amides is 1. The summed E-state index contributed by atoms with van der Waals surface area (Å²) in [7, 11) is 0. The van der Waals surface area contributed by atoms with Crippen molar-refractivity contribution in [3.63, 3.8) is 0 Å². The first-order valence-electron chi connectivity index (χ1n) is 5.13. The van der Waals surface area contributed by atoms with Crippen molar-refractivity contribution in [1.29, 1.82) is 0 Å². The minimum absolute atomic E-state index is 0.390. The van der Waals surface area contributed by atoms with Gasteiger partial charge < -0.3 is 10.5 Å². The van der Waals surface area contributed by atoms with Crippen LogP contribution >= 0.6 is 0 Å². The number of benzene rings is 1. The number of rotatable bonds is 2. The molecule has 82 valence electrons. The van der Waals surface area contributed by atoms with Crippen LogP contribution in [0, 0.1) is 5.41 Å². The van der Waals surface area contributed by atoms with Gasteiger partial charge in [0.2, 0.25) is 5.91 Å². The fourth-order valence-corrected chi connectivity index (χ4v) is 2.10. The van der Waals surface area contributed by atoms with Crippen molar-refractivity contribution in [3.05, 3.63) is 41.0 Å². The Bertz CT molecular complexity index is 490. The molecule has 1 aromatic rings. The first kappa shape index (κ1) is 10.6. The number of fused-ring (bicyclic) bond motifs is 1. The molecule has 0 aliphatic heterocycles. The lowest BCUT2D eigenvalue weighted by atomic mass is 9.72. The smallest absolute Gasteiger partial charge is 0.245 e. The van der Waals surface area contributed by atoms with Crippen molar-refractivity contribution in [2.24, 2.45) is 11.1 Å². The Labute approximate surface area is 94.0 Å². The summed E-state index contributed by atoms with van der Waals surface area (Å²) in [6.45, 7) is 1.74. The number of aldehydes is 1. The topological polar surface area (TPSA) is 60.2 Å². The molecule has 1 aliphatic carbocycles. The zero-order valence-corrected chi connectivity index (χ0v) is 9.07. The van der Waals surface area contributed by atoms with Gasteiger partial charge in [0.25, 0.3) is 0 Å². The van der Waals surface area contributed by atoms with Crippen molar-refractivity contribution in [1.82, 2.24) is 0 Å². The number of nitrogens with two attached hydrogens (primary N) is 1. The highest BCUT2D eigenvalue weighted by Gasteiger charge is 2.35. The zero-order valence-electron chi connectivity index (χ0n) is 9.07. The molecule has 0 bridgehead atoms. The monoisotopic (exact) mass is 215 g/mol. The zero-order chi connectivity index (χ0) is 11.8. The van der Waals surface area contributed by atoms with E-state index in [1.807, 2.05) is 24.3 Å². The molecule has 1 amide bonds. The number of carbonyl (C=O) groups excluding carboxylic acids is 2. The highest BCUT2D eigenvalue weighted by Crippen LogP contribution is 2.36. The van der Waals surface area contributed by atoms with Crippen LogP contribution in [0.4, 0.5) is 0 Å². The van der Waals surface area contributed by atoms with Crippen LogP contribution in [-0.2, 0) is 16.0 Å². The molecule has 0 fully saturated rings. The van der Waals surface area contributed by atoms with E-state index in [4.69, 9.17) is 5.73 Å². The molecule has 3 heteroatoms. The standard InChI is InChI=1S/C13H13NO2/c1-13(8-15)7-10-5-3-2-4-9(10)6-11(13)12(14)16/h2-6,8H,7H2,1H3,(H2,14,16). The van der Waals surface area contributed by atoms with E-state index < -0.39 is 11.3 Å². The summed E-state index contributed by atoms with van der Waals surface area (Å²) in [5, 5.41) is 0. The van der Waals surface area contributed by atoms with Crippen LogP contribution in [0.1, 0.15) is 18.1 Å². The van der Waals surface area contributed by atoms with E-state index in [-0.39, 0.29) is 0 Å². The number of amides is 1. The molecule has 0 saturated heterocycles. The molecule has 3 nitrogen and oxygen atoms in total. The third-order valence-electron chi connectivity index (χ3n) is 3.05. The van der Waals surface area contributed by atoms with Gasteiger partial charge in [-0.25, -0.2) is 0 Å². The van der Waals surface area contributed by atoms with Gasteiger partial charge in [-0.05, 0) is 30.5 Å². The minimum Gasteiger partial charge on any atom is -0.366 e. The maximum Gasteiger partial charge on any atom is 0.245 e. The van der Waals surface area contributed by atoms with Gasteiger partial charge >= 0.3 is 0 Å². The highest BCUT2D eigenvalue weighted by atomic mass is 16.1. The molecule has 1 unspecified atom stereocenters. The summed E-state index contributed by atoms with van der Waals surface area (Å²) in [6, 6.07) is 7.71. The molecular formula is C13H13NO2. The lowest BCUT2D eigenvalue weighted by molar-refractivity contribution is -0.120. The molecule has 1 aromatic carbocycles. The van der Waals surface area contributed by atoms with E-state index in [0.717, 1.165) is 17.4 Å². The highest BCUT2D eigenvalue weighted by molar-refractivity contribution is 6.02. The summed E-state index contributed by atoms with van der Waals surface area (Å²) >= 11 is 0. The van der Waals surface area contributed by atoms with Crippen molar-refractivity contribution < 1.29 is 9.59 Å². The summed E-state index contributed by atoms with van der Waals surface area (Å²) in [4.78, 5) is 22.5. The van der Waals surface area contributed by atoms with E-state index in [2.05, 4.69) is 0 Å². The number of carbonyl (C=O) groups is 2. The SMILES string of the molecule is CC1(C=O)Cc2ccccc2C=C1C(N)=O. The Hall–Kier alpha value is -1.90. The third-order valence-corrected chi connectivity index (χ3v) is 3.05. The lowest BCUT2D eigenvalue weighted by Gasteiger charge is -2.29. The Kier molecular flexibility index (Phi) is 2.38. The van der Waals surface area contributed by atoms with Crippen molar-refractivity contribution in [2.45, 2.75) is 13.3 Å². The number of hydrogen-bond acceptors (Lipinski definition) is 2. The molecule has 0 heterocycles. The average molecular weight is 215 g/mol. The summed E-state index contributed by atoms with van der Waals surface area (Å²) in [5.41, 5.74) is 6.95. The second-order valence-electron chi connectivity index (χ2n) is 4.33. The van der Waals surface area contributed by atoms with Crippen LogP contribution in [0.25, 0.3) is 6.08 Å². The molecule has 1 aliphatic rings. The van der Waals surface area contributed by atoms with Crippen LogP contribution in [0.2, 0.25) is 0 Å². The van der Waals surface area contributed by atoms with Gasteiger partial charge in [-0.3, -0.25) is 4.79 Å². The molecule has 2 N–H and O–H groups in total. The lowest BCUT2D eigenvalue weighted by Crippen LogP contribution is -2.34. The van der Waals surface area contributed by atoms with Gasteiger partial charge in [0, 0.05) is 5.57 Å². The molecule has 1 atom stereocenters. The molecular weight excluding hydrogens is 202 g/mol. The molecule has 0 aromatic heterocycles. The van der Waals surface area contributed by atoms with Gasteiger partial charge in [0.05, 0.1) is 5.41 Å². The fourth-order valence-electron chi connectivity index (χ4n) is 2.10. The maximum absolute atomic E-state index is 11.3. The van der Waals surface area contributed by atoms with Gasteiger partial charge in [0.15, 0.2) is 0 Å². The second-order valence-corrected chi connectivity index (χ2v) is 4.33. The Morgan fingerprint density at radius 3 is 2.75 bits per heavy atom. The van der Waals surface area contributed by atoms with Crippen LogP contribution in [0.15, 0.2) is 29.8 Å². The predicted molar refractivity (Wildman–Crippen MR) is 61.5 cm³/mol. The van der Waals surface area contributed by atoms with Crippen molar-refractivity contribution in [3.8, 4) is 0 Å². The quantitative estimate of drug-likeness (QED) is 0.756. The largest absolute Gasteiger partial charge is 0.366 e. The fraction of sp³-hybridized carbons (Fsp3) is 0.231. The Morgan fingerprint density at radius 2 is 2.12 bits per heavy atom. The molecule has 0 spiro atoms. The van der Waals surface area contributed by atoms with Gasteiger partial charge in [0.1, 0.15) is 6.29 Å². The van der Waals surface area contributed by atoms with Gasteiger partial charge in [-0.15, -0.1) is 0 Å². The van der Waals surface area contributed by atoms with Crippen molar-refractivity contribution in [2.75, 3.05) is 0 Å². The molecule has 0 radical (unpaired) electrons. The first-order valence-corrected chi connectivity index (χ1v) is 5.13. The normalized spacial score (nSPS) is 23.2. The Morgan fingerprint density at radius 1 is 1.44 bits per heavy atom. The summed E-state index contributed by atoms with van der Waals surface area (Å²) in [6.07, 6.45) is 3.05. The van der Waals surface area contributed by atoms with E-state index in [1.54, 1.807) is 13.0 Å². The van der Waals surface area contributed by atoms with E-state index in [0.29, 0.717) is 12.0 Å². The van der Waals surface area contributed by atoms with Crippen LogP contribution in [0.5, 0.6) is 0 Å². The molecule has 16 heavy (non-hydrogen) atoms. The van der Waals surface area contributed by atoms with E-state index in [9.17, 15) is 9.59 Å². The third kappa shape index (κ3) is 1.54. The molecule has 0 saturated carbocycles. The molecule has 2 rings (SSSR count). The average Bonchev–Trinajstić information content (AvgIpc) is 2.27. The number of hydrogen-bond donors (Lipinski definition) is 1. The van der Waals surface area contributed by atoms with Gasteiger partial charge in [-0.1, -0.05) is 24.3 Å². The van der Waals surface area contributed by atoms with Gasteiger partial charge in [-0.2, -0.15) is 0 Å². The first-order chi connectivity index (χ1) is 7.57. The van der Waals surface area contributed by atoms with Crippen LogP contribution in [0.3, 0.4) is 0 Å². The van der Waals surface area contributed by atoms with E-state index in [1.165, 1.54) is 0 Å². The minimum atomic E-state index is -0.791. The maximum atomic E-state index is 11.3.